The van der Waals surface area contributed by atoms with Crippen LogP contribution in [0.3, 0.4) is 0 Å². The monoisotopic (exact) mass is 268 g/mol. The molecule has 0 saturated carbocycles. The molecule has 2 heterocycles. The molecule has 102 valence electrons. The maximum absolute atomic E-state index is 12.4. The molecule has 2 aromatic rings. The maximum atomic E-state index is 12.4. The summed E-state index contributed by atoms with van der Waals surface area (Å²) >= 11 is 0. The zero-order valence-corrected chi connectivity index (χ0v) is 11.1. The number of rotatable bonds is 2. The van der Waals surface area contributed by atoms with Gasteiger partial charge in [0.2, 0.25) is 0 Å². The van der Waals surface area contributed by atoms with Crippen LogP contribution < -0.4 is 0 Å². The molecule has 1 aromatic heterocycles. The number of pyridine rings is 1. The van der Waals surface area contributed by atoms with Crippen molar-refractivity contribution in [1.29, 1.82) is 0 Å². The van der Waals surface area contributed by atoms with E-state index in [0.717, 1.165) is 23.2 Å². The minimum atomic E-state index is -0.0209. The summed E-state index contributed by atoms with van der Waals surface area (Å²) in [4.78, 5) is 18.6. The standard InChI is InChI=1S/C16H16N2O2/c19-11-12-8-14-10-18(7-6-15(14)17-9-12)16(20)13-4-2-1-3-5-13/h1-5,8-9,19H,6-7,10-11H2. The first-order valence-electron chi connectivity index (χ1n) is 6.70. The molecule has 4 nitrogen and oxygen atoms in total. The predicted molar refractivity (Wildman–Crippen MR) is 75.0 cm³/mol. The van der Waals surface area contributed by atoms with Gasteiger partial charge in [0.05, 0.1) is 6.61 Å². The van der Waals surface area contributed by atoms with E-state index in [-0.39, 0.29) is 12.5 Å². The normalized spacial score (nSPS) is 13.9. The number of aromatic nitrogens is 1. The second-order valence-corrected chi connectivity index (χ2v) is 4.95. The number of nitrogens with zero attached hydrogens (tertiary/aromatic N) is 2. The first-order valence-corrected chi connectivity index (χ1v) is 6.70. The van der Waals surface area contributed by atoms with Crippen LogP contribution in [0.1, 0.15) is 27.2 Å². The van der Waals surface area contributed by atoms with Crippen molar-refractivity contribution in [3.63, 3.8) is 0 Å². The van der Waals surface area contributed by atoms with Crippen LogP contribution in [0.5, 0.6) is 0 Å². The van der Waals surface area contributed by atoms with Crippen molar-refractivity contribution < 1.29 is 9.90 Å². The molecule has 20 heavy (non-hydrogen) atoms. The molecule has 1 amide bonds. The molecule has 0 atom stereocenters. The summed E-state index contributed by atoms with van der Waals surface area (Å²) < 4.78 is 0. The Hall–Kier alpha value is -2.20. The minimum absolute atomic E-state index is 0.0209. The lowest BCUT2D eigenvalue weighted by atomic mass is 10.0. The molecule has 4 heteroatoms. The van der Waals surface area contributed by atoms with Gasteiger partial charge in [-0.05, 0) is 29.3 Å². The molecule has 0 saturated heterocycles. The van der Waals surface area contributed by atoms with E-state index >= 15 is 0 Å². The Morgan fingerprint density at radius 1 is 1.30 bits per heavy atom. The highest BCUT2D eigenvalue weighted by atomic mass is 16.3. The molecule has 0 bridgehead atoms. The smallest absolute Gasteiger partial charge is 0.254 e. The topological polar surface area (TPSA) is 53.4 Å². The summed E-state index contributed by atoms with van der Waals surface area (Å²) in [6.07, 6.45) is 2.47. The van der Waals surface area contributed by atoms with Crippen molar-refractivity contribution >= 4 is 5.91 Å². The quantitative estimate of drug-likeness (QED) is 0.903. The van der Waals surface area contributed by atoms with Crippen molar-refractivity contribution in [2.24, 2.45) is 0 Å². The van der Waals surface area contributed by atoms with E-state index in [1.54, 1.807) is 6.20 Å². The Bertz CT molecular complexity index is 626. The van der Waals surface area contributed by atoms with Gasteiger partial charge in [0, 0.05) is 37.0 Å². The lowest BCUT2D eigenvalue weighted by molar-refractivity contribution is 0.0733. The third-order valence-electron chi connectivity index (χ3n) is 3.59. The van der Waals surface area contributed by atoms with E-state index in [9.17, 15) is 9.90 Å². The van der Waals surface area contributed by atoms with Gasteiger partial charge in [0.25, 0.3) is 5.91 Å². The third kappa shape index (κ3) is 2.42. The molecule has 1 aromatic carbocycles. The van der Waals surface area contributed by atoms with E-state index < -0.39 is 0 Å². The number of amides is 1. The van der Waals surface area contributed by atoms with Crippen molar-refractivity contribution in [3.05, 3.63) is 65.0 Å². The Labute approximate surface area is 117 Å². The van der Waals surface area contributed by atoms with Crippen LogP contribution in [0.15, 0.2) is 42.6 Å². The van der Waals surface area contributed by atoms with Crippen LogP contribution in [0.25, 0.3) is 0 Å². The van der Waals surface area contributed by atoms with Gasteiger partial charge in [-0.1, -0.05) is 18.2 Å². The molecule has 0 fully saturated rings. The summed E-state index contributed by atoms with van der Waals surface area (Å²) in [6.45, 7) is 1.23. The van der Waals surface area contributed by atoms with Crippen molar-refractivity contribution in [1.82, 2.24) is 9.88 Å². The molecule has 3 rings (SSSR count). The first kappa shape index (κ1) is 12.8. The van der Waals surface area contributed by atoms with E-state index in [2.05, 4.69) is 4.98 Å². The Balaban J connectivity index is 1.83. The van der Waals surface area contributed by atoms with Crippen LogP contribution in [-0.4, -0.2) is 27.4 Å². The molecule has 0 unspecified atom stereocenters. The summed E-state index contributed by atoms with van der Waals surface area (Å²) in [5, 5.41) is 9.17. The second kappa shape index (κ2) is 5.43. The number of fused-ring (bicyclic) bond motifs is 1. The van der Waals surface area contributed by atoms with Crippen LogP contribution in [-0.2, 0) is 19.6 Å². The van der Waals surface area contributed by atoms with Gasteiger partial charge in [-0.2, -0.15) is 0 Å². The predicted octanol–water partition coefficient (Wildman–Crippen LogP) is 1.77. The zero-order valence-electron chi connectivity index (χ0n) is 11.1. The lowest BCUT2D eigenvalue weighted by Crippen LogP contribution is -2.36. The molecular formula is C16H16N2O2. The fourth-order valence-corrected chi connectivity index (χ4v) is 2.50. The SMILES string of the molecule is O=C(c1ccccc1)N1CCc2ncc(CO)cc2C1. The number of hydrogen-bond acceptors (Lipinski definition) is 3. The number of aliphatic hydroxyl groups excluding tert-OH is 1. The highest BCUT2D eigenvalue weighted by Gasteiger charge is 2.22. The van der Waals surface area contributed by atoms with Gasteiger partial charge in [0.15, 0.2) is 0 Å². The van der Waals surface area contributed by atoms with Crippen molar-refractivity contribution in [3.8, 4) is 0 Å². The van der Waals surface area contributed by atoms with Gasteiger partial charge in [-0.25, -0.2) is 0 Å². The number of hydrogen-bond donors (Lipinski definition) is 1. The van der Waals surface area contributed by atoms with Gasteiger partial charge in [-0.15, -0.1) is 0 Å². The molecule has 1 N–H and O–H groups in total. The van der Waals surface area contributed by atoms with E-state index in [1.807, 2.05) is 41.3 Å². The average molecular weight is 268 g/mol. The van der Waals surface area contributed by atoms with Crippen LogP contribution >= 0.6 is 0 Å². The number of benzene rings is 1. The highest BCUT2D eigenvalue weighted by Crippen LogP contribution is 2.20. The van der Waals surface area contributed by atoms with E-state index in [4.69, 9.17) is 0 Å². The largest absolute Gasteiger partial charge is 0.392 e. The zero-order chi connectivity index (χ0) is 13.9. The average Bonchev–Trinajstić information content (AvgIpc) is 2.54. The first-order chi connectivity index (χ1) is 9.78. The Morgan fingerprint density at radius 2 is 2.10 bits per heavy atom. The van der Waals surface area contributed by atoms with Gasteiger partial charge < -0.3 is 10.0 Å². The second-order valence-electron chi connectivity index (χ2n) is 4.95. The van der Waals surface area contributed by atoms with E-state index in [1.165, 1.54) is 0 Å². The summed E-state index contributed by atoms with van der Waals surface area (Å²) in [5.74, 6) is 0.0469. The minimum Gasteiger partial charge on any atom is -0.392 e. The summed E-state index contributed by atoms with van der Waals surface area (Å²) in [7, 11) is 0. The molecule has 1 aliphatic rings. The third-order valence-corrected chi connectivity index (χ3v) is 3.59. The Kier molecular flexibility index (Phi) is 3.48. The van der Waals surface area contributed by atoms with Crippen LogP contribution in [0.2, 0.25) is 0 Å². The van der Waals surface area contributed by atoms with Gasteiger partial charge in [0.1, 0.15) is 0 Å². The van der Waals surface area contributed by atoms with Gasteiger partial charge in [-0.3, -0.25) is 9.78 Å². The molecular weight excluding hydrogens is 252 g/mol. The van der Waals surface area contributed by atoms with Crippen LogP contribution in [0.4, 0.5) is 0 Å². The van der Waals surface area contributed by atoms with Crippen molar-refractivity contribution in [2.75, 3.05) is 6.54 Å². The van der Waals surface area contributed by atoms with Crippen molar-refractivity contribution in [2.45, 2.75) is 19.6 Å². The highest BCUT2D eigenvalue weighted by molar-refractivity contribution is 5.94. The fraction of sp³-hybridized carbons (Fsp3) is 0.250. The number of aliphatic hydroxyl groups is 1. The molecule has 0 radical (unpaired) electrons. The summed E-state index contributed by atoms with van der Waals surface area (Å²) in [5.41, 5.74) is 3.56. The lowest BCUT2D eigenvalue weighted by Gasteiger charge is -2.28. The van der Waals surface area contributed by atoms with Crippen LogP contribution in [0, 0.1) is 0 Å². The summed E-state index contributed by atoms with van der Waals surface area (Å²) in [6, 6.07) is 11.3. The fourth-order valence-electron chi connectivity index (χ4n) is 2.50. The molecule has 1 aliphatic heterocycles. The Morgan fingerprint density at radius 3 is 2.85 bits per heavy atom. The molecule has 0 spiro atoms. The molecule has 0 aliphatic carbocycles. The number of carbonyl (C=O) groups excluding carboxylic acids is 1. The van der Waals surface area contributed by atoms with Gasteiger partial charge >= 0.3 is 0 Å². The van der Waals surface area contributed by atoms with E-state index in [0.29, 0.717) is 18.7 Å². The number of carbonyl (C=O) groups is 1. The maximum Gasteiger partial charge on any atom is 0.254 e.